The van der Waals surface area contributed by atoms with E-state index in [9.17, 15) is 9.18 Å². The second kappa shape index (κ2) is 9.00. The van der Waals surface area contributed by atoms with E-state index in [1.807, 2.05) is 30.3 Å². The van der Waals surface area contributed by atoms with E-state index in [2.05, 4.69) is 35.0 Å². The zero-order valence-electron chi connectivity index (χ0n) is 16.1. The van der Waals surface area contributed by atoms with E-state index in [4.69, 9.17) is 0 Å². The van der Waals surface area contributed by atoms with Crippen LogP contribution in [-0.2, 0) is 6.54 Å². The molecule has 0 saturated carbocycles. The lowest BCUT2D eigenvalue weighted by Crippen LogP contribution is -2.46. The molecule has 1 fully saturated rings. The monoisotopic (exact) mass is 369 g/mol. The van der Waals surface area contributed by atoms with Crippen LogP contribution in [0.25, 0.3) is 0 Å². The van der Waals surface area contributed by atoms with Gasteiger partial charge in [0.1, 0.15) is 5.82 Å². The van der Waals surface area contributed by atoms with Crippen molar-refractivity contribution in [3.63, 3.8) is 0 Å². The number of nitrogens with one attached hydrogen (secondary N) is 1. The Morgan fingerprint density at radius 1 is 1.07 bits per heavy atom. The first-order valence-electron chi connectivity index (χ1n) is 9.62. The average Bonchev–Trinajstić information content (AvgIpc) is 2.67. The lowest BCUT2D eigenvalue weighted by molar-refractivity contribution is 0.0949. The Morgan fingerprint density at radius 2 is 1.81 bits per heavy atom. The molecule has 1 heterocycles. The summed E-state index contributed by atoms with van der Waals surface area (Å²) < 4.78 is 14.0. The van der Waals surface area contributed by atoms with Crippen molar-refractivity contribution >= 4 is 11.6 Å². The summed E-state index contributed by atoms with van der Waals surface area (Å²) in [6.07, 6.45) is 0. The fourth-order valence-corrected chi connectivity index (χ4v) is 3.32. The van der Waals surface area contributed by atoms with Crippen LogP contribution in [0, 0.1) is 11.7 Å². The maximum Gasteiger partial charge on any atom is 0.251 e. The first-order valence-corrected chi connectivity index (χ1v) is 9.62. The fourth-order valence-electron chi connectivity index (χ4n) is 3.32. The Balaban J connectivity index is 1.55. The summed E-state index contributed by atoms with van der Waals surface area (Å²) in [5.41, 5.74) is 2.52. The molecule has 0 aromatic heterocycles. The van der Waals surface area contributed by atoms with Gasteiger partial charge in [0.2, 0.25) is 0 Å². The molecule has 27 heavy (non-hydrogen) atoms. The van der Waals surface area contributed by atoms with Crippen molar-refractivity contribution in [1.82, 2.24) is 10.2 Å². The van der Waals surface area contributed by atoms with Crippen LogP contribution >= 0.6 is 0 Å². The van der Waals surface area contributed by atoms with Gasteiger partial charge in [-0.05, 0) is 35.7 Å². The van der Waals surface area contributed by atoms with Gasteiger partial charge in [-0.1, -0.05) is 38.1 Å². The molecule has 144 valence electrons. The number of amides is 1. The number of carbonyl (C=O) groups excluding carboxylic acids is 1. The minimum Gasteiger partial charge on any atom is -0.367 e. The second-order valence-corrected chi connectivity index (χ2v) is 7.52. The number of carbonyl (C=O) groups is 1. The van der Waals surface area contributed by atoms with Gasteiger partial charge in [-0.15, -0.1) is 0 Å². The summed E-state index contributed by atoms with van der Waals surface area (Å²) in [4.78, 5) is 16.7. The maximum atomic E-state index is 14.0. The lowest BCUT2D eigenvalue weighted by atomic mass is 10.1. The van der Waals surface area contributed by atoms with Crippen molar-refractivity contribution in [3.05, 3.63) is 65.5 Å². The summed E-state index contributed by atoms with van der Waals surface area (Å²) in [5.74, 6) is 0.254. The molecular formula is C22H28FN3O. The zero-order chi connectivity index (χ0) is 19.2. The van der Waals surface area contributed by atoms with Gasteiger partial charge in [-0.25, -0.2) is 4.39 Å². The fraction of sp³-hybridized carbons (Fsp3) is 0.409. The molecule has 4 nitrogen and oxygen atoms in total. The van der Waals surface area contributed by atoms with Crippen molar-refractivity contribution in [2.75, 3.05) is 37.6 Å². The van der Waals surface area contributed by atoms with Crippen molar-refractivity contribution in [2.24, 2.45) is 5.92 Å². The van der Waals surface area contributed by atoms with Gasteiger partial charge in [-0.2, -0.15) is 0 Å². The zero-order valence-corrected chi connectivity index (χ0v) is 16.1. The Labute approximate surface area is 161 Å². The number of halogens is 1. The molecule has 1 N–H and O–H groups in total. The largest absolute Gasteiger partial charge is 0.367 e. The number of piperazine rings is 1. The number of anilines is 1. The number of hydrogen-bond donors (Lipinski definition) is 1. The van der Waals surface area contributed by atoms with E-state index in [0.717, 1.165) is 38.3 Å². The molecule has 3 rings (SSSR count). The SMILES string of the molecule is CC(C)CNC(=O)c1cccc(CN2CCN(c3ccccc3F)CC2)c1. The van der Waals surface area contributed by atoms with E-state index in [0.29, 0.717) is 23.7 Å². The van der Waals surface area contributed by atoms with E-state index in [-0.39, 0.29) is 11.7 Å². The highest BCUT2D eigenvalue weighted by Gasteiger charge is 2.19. The highest BCUT2D eigenvalue weighted by atomic mass is 19.1. The topological polar surface area (TPSA) is 35.6 Å². The molecular weight excluding hydrogens is 341 g/mol. The third-order valence-electron chi connectivity index (χ3n) is 4.83. The molecule has 0 spiro atoms. The Bertz CT molecular complexity index is 770. The van der Waals surface area contributed by atoms with Gasteiger partial charge in [-0.3, -0.25) is 9.69 Å². The van der Waals surface area contributed by atoms with Crippen LogP contribution in [0.1, 0.15) is 29.8 Å². The quantitative estimate of drug-likeness (QED) is 0.846. The Morgan fingerprint density at radius 3 is 2.52 bits per heavy atom. The summed E-state index contributed by atoms with van der Waals surface area (Å²) in [7, 11) is 0. The molecule has 0 aliphatic carbocycles. The van der Waals surface area contributed by atoms with E-state index < -0.39 is 0 Å². The molecule has 0 radical (unpaired) electrons. The highest BCUT2D eigenvalue weighted by Crippen LogP contribution is 2.21. The van der Waals surface area contributed by atoms with Gasteiger partial charge in [0, 0.05) is 44.8 Å². The van der Waals surface area contributed by atoms with Crippen LogP contribution < -0.4 is 10.2 Å². The molecule has 0 unspecified atom stereocenters. The summed E-state index contributed by atoms with van der Waals surface area (Å²) in [6, 6.07) is 14.8. The number of rotatable bonds is 6. The number of nitrogens with zero attached hydrogens (tertiary/aromatic N) is 2. The van der Waals surface area contributed by atoms with Gasteiger partial charge in [0.15, 0.2) is 0 Å². The Hall–Kier alpha value is -2.40. The normalized spacial score (nSPS) is 15.2. The van der Waals surface area contributed by atoms with Crippen LogP contribution in [0.2, 0.25) is 0 Å². The maximum absolute atomic E-state index is 14.0. The van der Waals surface area contributed by atoms with Crippen molar-refractivity contribution in [3.8, 4) is 0 Å². The molecule has 2 aromatic rings. The first kappa shape index (κ1) is 19.4. The van der Waals surface area contributed by atoms with Crippen molar-refractivity contribution in [1.29, 1.82) is 0 Å². The van der Waals surface area contributed by atoms with E-state index in [1.54, 1.807) is 6.07 Å². The summed E-state index contributed by atoms with van der Waals surface area (Å²) in [5, 5.41) is 2.96. The molecule has 1 amide bonds. The lowest BCUT2D eigenvalue weighted by Gasteiger charge is -2.36. The number of para-hydroxylation sites is 1. The standard InChI is InChI=1S/C22H28FN3O/c1-17(2)15-24-22(27)19-7-5-6-18(14-19)16-25-10-12-26(13-11-25)21-9-4-3-8-20(21)23/h3-9,14,17H,10-13,15-16H2,1-2H3,(H,24,27). The predicted octanol–water partition coefficient (Wildman–Crippen LogP) is 3.53. The van der Waals surface area contributed by atoms with E-state index >= 15 is 0 Å². The average molecular weight is 369 g/mol. The summed E-state index contributed by atoms with van der Waals surface area (Å²) in [6.45, 7) is 8.99. The first-order chi connectivity index (χ1) is 13.0. The van der Waals surface area contributed by atoms with Gasteiger partial charge >= 0.3 is 0 Å². The highest BCUT2D eigenvalue weighted by molar-refractivity contribution is 5.94. The van der Waals surface area contributed by atoms with Gasteiger partial charge in [0.05, 0.1) is 5.69 Å². The minimum absolute atomic E-state index is 0.0186. The number of hydrogen-bond acceptors (Lipinski definition) is 3. The molecule has 1 saturated heterocycles. The van der Waals surface area contributed by atoms with Crippen molar-refractivity contribution in [2.45, 2.75) is 20.4 Å². The number of benzene rings is 2. The molecule has 0 atom stereocenters. The molecule has 1 aliphatic heterocycles. The smallest absolute Gasteiger partial charge is 0.251 e. The van der Waals surface area contributed by atoms with Crippen LogP contribution in [0.15, 0.2) is 48.5 Å². The molecule has 1 aliphatic rings. The summed E-state index contributed by atoms with van der Waals surface area (Å²) >= 11 is 0. The molecule has 2 aromatic carbocycles. The molecule has 0 bridgehead atoms. The van der Waals surface area contributed by atoms with E-state index in [1.165, 1.54) is 6.07 Å². The van der Waals surface area contributed by atoms with Crippen LogP contribution in [0.4, 0.5) is 10.1 Å². The molecule has 5 heteroatoms. The third-order valence-corrected chi connectivity index (χ3v) is 4.83. The Kier molecular flexibility index (Phi) is 6.45. The second-order valence-electron chi connectivity index (χ2n) is 7.52. The van der Waals surface area contributed by atoms with Crippen molar-refractivity contribution < 1.29 is 9.18 Å². The van der Waals surface area contributed by atoms with Crippen LogP contribution in [0.3, 0.4) is 0 Å². The van der Waals surface area contributed by atoms with Gasteiger partial charge < -0.3 is 10.2 Å². The minimum atomic E-state index is -0.161. The predicted molar refractivity (Wildman–Crippen MR) is 108 cm³/mol. The van der Waals surface area contributed by atoms with Crippen LogP contribution in [-0.4, -0.2) is 43.5 Å². The third kappa shape index (κ3) is 5.30. The van der Waals surface area contributed by atoms with Crippen LogP contribution in [0.5, 0.6) is 0 Å². The van der Waals surface area contributed by atoms with Gasteiger partial charge in [0.25, 0.3) is 5.91 Å².